The summed E-state index contributed by atoms with van der Waals surface area (Å²) in [4.78, 5) is 20.1. The molecule has 9 heteroatoms. The molecule has 0 aliphatic rings. The largest absolute Gasteiger partial charge is 0.393 e. The Bertz CT molecular complexity index is 995. The number of nitrogens with zero attached hydrogens (tertiary/aromatic N) is 2. The second-order valence-electron chi connectivity index (χ2n) is 5.63. The van der Waals surface area contributed by atoms with E-state index in [2.05, 4.69) is 26.1 Å². The highest BCUT2D eigenvalue weighted by atomic mass is 19.1. The Morgan fingerprint density at radius 1 is 1.07 bits per heavy atom. The smallest absolute Gasteiger partial charge is 0.269 e. The van der Waals surface area contributed by atoms with Gasteiger partial charge >= 0.3 is 0 Å². The van der Waals surface area contributed by atoms with Crippen LogP contribution < -0.4 is 21.9 Å². The SMILES string of the molecule is Cc1ccccc1C(=O)NNc1ncnc(Nc2cc(F)ccc2F)c1N. The van der Waals surface area contributed by atoms with Crippen LogP contribution in [0.4, 0.5) is 31.8 Å². The van der Waals surface area contributed by atoms with Crippen LogP contribution in [-0.2, 0) is 0 Å². The van der Waals surface area contributed by atoms with E-state index >= 15 is 0 Å². The zero-order valence-electron chi connectivity index (χ0n) is 14.3. The number of nitrogen functional groups attached to an aromatic ring is 1. The number of aromatic nitrogens is 2. The van der Waals surface area contributed by atoms with Crippen molar-refractivity contribution in [2.75, 3.05) is 16.5 Å². The molecule has 0 saturated carbocycles. The monoisotopic (exact) mass is 370 g/mol. The molecule has 138 valence electrons. The van der Waals surface area contributed by atoms with Gasteiger partial charge in [0.25, 0.3) is 5.91 Å². The van der Waals surface area contributed by atoms with Crippen LogP contribution in [0.15, 0.2) is 48.8 Å². The summed E-state index contributed by atoms with van der Waals surface area (Å²) in [6.45, 7) is 1.81. The number of nitrogens with two attached hydrogens (primary N) is 1. The first-order chi connectivity index (χ1) is 13.0. The van der Waals surface area contributed by atoms with E-state index in [9.17, 15) is 13.6 Å². The van der Waals surface area contributed by atoms with Gasteiger partial charge in [-0.3, -0.25) is 15.6 Å². The number of amides is 1. The van der Waals surface area contributed by atoms with Gasteiger partial charge < -0.3 is 11.1 Å². The maximum atomic E-state index is 13.8. The average molecular weight is 370 g/mol. The topological polar surface area (TPSA) is 105 Å². The molecule has 0 radical (unpaired) electrons. The van der Waals surface area contributed by atoms with Crippen molar-refractivity contribution < 1.29 is 13.6 Å². The van der Waals surface area contributed by atoms with Crippen LogP contribution in [0.1, 0.15) is 15.9 Å². The van der Waals surface area contributed by atoms with E-state index in [4.69, 9.17) is 5.73 Å². The Morgan fingerprint density at radius 3 is 2.59 bits per heavy atom. The molecule has 0 spiro atoms. The van der Waals surface area contributed by atoms with Gasteiger partial charge in [0, 0.05) is 11.6 Å². The van der Waals surface area contributed by atoms with Crippen LogP contribution >= 0.6 is 0 Å². The Hall–Kier alpha value is -3.75. The van der Waals surface area contributed by atoms with Crippen molar-refractivity contribution in [3.05, 3.63) is 71.6 Å². The summed E-state index contributed by atoms with van der Waals surface area (Å²) in [5.41, 5.74) is 12.2. The summed E-state index contributed by atoms with van der Waals surface area (Å²) in [7, 11) is 0. The Kier molecular flexibility index (Phi) is 5.11. The van der Waals surface area contributed by atoms with Gasteiger partial charge in [0.15, 0.2) is 11.6 Å². The number of hydrogen-bond donors (Lipinski definition) is 4. The summed E-state index contributed by atoms with van der Waals surface area (Å²) in [6, 6.07) is 10.0. The van der Waals surface area contributed by atoms with Crippen LogP contribution in [0.3, 0.4) is 0 Å². The highest BCUT2D eigenvalue weighted by molar-refractivity contribution is 5.96. The summed E-state index contributed by atoms with van der Waals surface area (Å²) in [5.74, 6) is -1.50. The lowest BCUT2D eigenvalue weighted by Gasteiger charge is -2.14. The predicted octanol–water partition coefficient (Wildman–Crippen LogP) is 3.15. The fraction of sp³-hybridized carbons (Fsp3) is 0.0556. The molecule has 3 aromatic rings. The van der Waals surface area contributed by atoms with Crippen molar-refractivity contribution in [3.63, 3.8) is 0 Å². The first-order valence-electron chi connectivity index (χ1n) is 7.90. The van der Waals surface area contributed by atoms with E-state index in [1.807, 2.05) is 19.1 Å². The molecule has 0 bridgehead atoms. The molecule has 0 fully saturated rings. The number of carbonyl (C=O) groups excluding carboxylic acids is 1. The lowest BCUT2D eigenvalue weighted by atomic mass is 10.1. The number of hydrogen-bond acceptors (Lipinski definition) is 6. The lowest BCUT2D eigenvalue weighted by molar-refractivity contribution is 0.0962. The van der Waals surface area contributed by atoms with E-state index in [1.165, 1.54) is 0 Å². The Balaban J connectivity index is 1.76. The molecule has 3 rings (SSSR count). The number of nitrogens with one attached hydrogen (secondary N) is 3. The number of hydrazine groups is 1. The summed E-state index contributed by atoms with van der Waals surface area (Å²) in [5, 5.41) is 2.61. The Labute approximate surface area is 153 Å². The van der Waals surface area contributed by atoms with Gasteiger partial charge in [-0.05, 0) is 30.7 Å². The number of aryl methyl sites for hydroxylation is 1. The molecule has 0 aliphatic heterocycles. The summed E-state index contributed by atoms with van der Waals surface area (Å²) in [6.07, 6.45) is 1.16. The second kappa shape index (κ2) is 7.65. The van der Waals surface area contributed by atoms with Crippen molar-refractivity contribution in [3.8, 4) is 0 Å². The summed E-state index contributed by atoms with van der Waals surface area (Å²) >= 11 is 0. The molecule has 1 amide bonds. The van der Waals surface area contributed by atoms with Crippen molar-refractivity contribution >= 4 is 28.9 Å². The molecule has 7 nitrogen and oxygen atoms in total. The van der Waals surface area contributed by atoms with Crippen LogP contribution in [-0.4, -0.2) is 15.9 Å². The molecule has 0 saturated heterocycles. The van der Waals surface area contributed by atoms with Crippen molar-refractivity contribution in [2.45, 2.75) is 6.92 Å². The second-order valence-corrected chi connectivity index (χ2v) is 5.63. The zero-order valence-corrected chi connectivity index (χ0v) is 14.3. The molecule has 2 aromatic carbocycles. The van der Waals surface area contributed by atoms with E-state index in [1.54, 1.807) is 12.1 Å². The first-order valence-corrected chi connectivity index (χ1v) is 7.90. The maximum absolute atomic E-state index is 13.8. The number of anilines is 4. The van der Waals surface area contributed by atoms with Crippen LogP contribution in [0.5, 0.6) is 0 Å². The van der Waals surface area contributed by atoms with Crippen LogP contribution in [0.2, 0.25) is 0 Å². The zero-order chi connectivity index (χ0) is 19.4. The van der Waals surface area contributed by atoms with Gasteiger partial charge in [0.05, 0.1) is 5.69 Å². The first kappa shape index (κ1) is 18.1. The minimum absolute atomic E-state index is 0.0197. The normalized spacial score (nSPS) is 10.3. The minimum Gasteiger partial charge on any atom is -0.393 e. The van der Waals surface area contributed by atoms with Gasteiger partial charge in [0.1, 0.15) is 23.6 Å². The quantitative estimate of drug-likeness (QED) is 0.514. The minimum atomic E-state index is -0.670. The molecule has 0 unspecified atom stereocenters. The molecule has 1 aromatic heterocycles. The number of benzene rings is 2. The standard InChI is InChI=1S/C18H16F2N6O/c1-10-4-2-3-5-12(10)18(27)26-25-17-15(21)16(22-9-23-17)24-14-8-11(19)6-7-13(14)20/h2-9H,21H2,1H3,(H,26,27)(H2,22,23,24,25). The van der Waals surface area contributed by atoms with Gasteiger partial charge in [-0.25, -0.2) is 18.7 Å². The van der Waals surface area contributed by atoms with E-state index in [0.29, 0.717) is 5.56 Å². The van der Waals surface area contributed by atoms with Gasteiger partial charge in [-0.15, -0.1) is 0 Å². The molecule has 27 heavy (non-hydrogen) atoms. The van der Waals surface area contributed by atoms with E-state index in [0.717, 1.165) is 30.1 Å². The molecule has 5 N–H and O–H groups in total. The molecular weight excluding hydrogens is 354 g/mol. The van der Waals surface area contributed by atoms with Crippen molar-refractivity contribution in [1.82, 2.24) is 15.4 Å². The third-order valence-electron chi connectivity index (χ3n) is 3.75. The van der Waals surface area contributed by atoms with Gasteiger partial charge in [0.2, 0.25) is 0 Å². The van der Waals surface area contributed by atoms with Gasteiger partial charge in [-0.2, -0.15) is 0 Å². The number of carbonyl (C=O) groups is 1. The third kappa shape index (κ3) is 4.09. The summed E-state index contributed by atoms with van der Waals surface area (Å²) < 4.78 is 27.1. The fourth-order valence-electron chi connectivity index (χ4n) is 2.33. The molecule has 0 aliphatic carbocycles. The van der Waals surface area contributed by atoms with Gasteiger partial charge in [-0.1, -0.05) is 18.2 Å². The van der Waals surface area contributed by atoms with E-state index < -0.39 is 11.6 Å². The van der Waals surface area contributed by atoms with E-state index in [-0.39, 0.29) is 28.9 Å². The molecular formula is C18H16F2N6O. The van der Waals surface area contributed by atoms with Crippen LogP contribution in [0.25, 0.3) is 0 Å². The number of halogens is 2. The van der Waals surface area contributed by atoms with Crippen molar-refractivity contribution in [2.24, 2.45) is 0 Å². The highest BCUT2D eigenvalue weighted by Crippen LogP contribution is 2.27. The van der Waals surface area contributed by atoms with Crippen LogP contribution in [0, 0.1) is 18.6 Å². The number of rotatable bonds is 5. The predicted molar refractivity (Wildman–Crippen MR) is 98.4 cm³/mol. The average Bonchev–Trinajstić information content (AvgIpc) is 2.65. The Morgan fingerprint density at radius 2 is 1.81 bits per heavy atom. The molecule has 1 heterocycles. The fourth-order valence-corrected chi connectivity index (χ4v) is 2.33. The van der Waals surface area contributed by atoms with Crippen molar-refractivity contribution in [1.29, 1.82) is 0 Å². The third-order valence-corrected chi connectivity index (χ3v) is 3.75. The highest BCUT2D eigenvalue weighted by Gasteiger charge is 2.13. The maximum Gasteiger partial charge on any atom is 0.269 e. The lowest BCUT2D eigenvalue weighted by Crippen LogP contribution is -2.31. The molecule has 0 atom stereocenters.